The molecule has 0 atom stereocenters. The van der Waals surface area contributed by atoms with E-state index in [1.54, 1.807) is 36.1 Å². The molecule has 0 fully saturated rings. The van der Waals surface area contributed by atoms with Crippen LogP contribution in [0.2, 0.25) is 0 Å². The SMILES string of the molecule is Cc1cnn(-c2ccccc2)c1NC(=O)C(=O)NCc1cc(N)ccn1. The molecule has 2 aromatic heterocycles. The van der Waals surface area contributed by atoms with E-state index in [0.29, 0.717) is 17.2 Å². The lowest BCUT2D eigenvalue weighted by molar-refractivity contribution is -0.136. The molecular formula is C18H18N6O2. The molecular weight excluding hydrogens is 332 g/mol. The Morgan fingerprint density at radius 2 is 1.92 bits per heavy atom. The van der Waals surface area contributed by atoms with Gasteiger partial charge < -0.3 is 16.4 Å². The van der Waals surface area contributed by atoms with Gasteiger partial charge in [0.1, 0.15) is 5.82 Å². The summed E-state index contributed by atoms with van der Waals surface area (Å²) in [6.07, 6.45) is 3.16. The minimum Gasteiger partial charge on any atom is -0.399 e. The minimum atomic E-state index is -0.783. The summed E-state index contributed by atoms with van der Waals surface area (Å²) >= 11 is 0. The van der Waals surface area contributed by atoms with Crippen molar-refractivity contribution in [3.8, 4) is 5.69 Å². The van der Waals surface area contributed by atoms with Crippen LogP contribution in [-0.2, 0) is 16.1 Å². The first-order chi connectivity index (χ1) is 12.5. The van der Waals surface area contributed by atoms with Crippen LogP contribution in [0.5, 0.6) is 0 Å². The van der Waals surface area contributed by atoms with Crippen molar-refractivity contribution in [3.05, 3.63) is 66.1 Å². The third kappa shape index (κ3) is 3.86. The predicted molar refractivity (Wildman–Crippen MR) is 97.4 cm³/mol. The van der Waals surface area contributed by atoms with Crippen molar-refractivity contribution in [2.24, 2.45) is 0 Å². The van der Waals surface area contributed by atoms with Crippen LogP contribution in [0.1, 0.15) is 11.3 Å². The van der Waals surface area contributed by atoms with E-state index < -0.39 is 11.8 Å². The summed E-state index contributed by atoms with van der Waals surface area (Å²) in [5, 5.41) is 9.38. The number of pyridine rings is 1. The first-order valence-corrected chi connectivity index (χ1v) is 7.94. The van der Waals surface area contributed by atoms with Gasteiger partial charge in [0, 0.05) is 17.4 Å². The van der Waals surface area contributed by atoms with Crippen LogP contribution >= 0.6 is 0 Å². The van der Waals surface area contributed by atoms with Gasteiger partial charge in [0.05, 0.1) is 24.1 Å². The van der Waals surface area contributed by atoms with Crippen LogP contribution < -0.4 is 16.4 Å². The number of carbonyl (C=O) groups excluding carboxylic acids is 2. The predicted octanol–water partition coefficient (Wildman–Crippen LogP) is 1.41. The molecule has 8 nitrogen and oxygen atoms in total. The average Bonchev–Trinajstić information content (AvgIpc) is 3.01. The Morgan fingerprint density at radius 3 is 2.65 bits per heavy atom. The van der Waals surface area contributed by atoms with Crippen LogP contribution in [0.3, 0.4) is 0 Å². The number of benzene rings is 1. The zero-order valence-corrected chi connectivity index (χ0v) is 14.1. The van der Waals surface area contributed by atoms with Gasteiger partial charge in [-0.3, -0.25) is 14.6 Å². The Bertz CT molecular complexity index is 936. The number of hydrogen-bond donors (Lipinski definition) is 3. The number of nitrogens with zero attached hydrogens (tertiary/aromatic N) is 3. The molecule has 3 aromatic rings. The number of para-hydroxylation sites is 1. The normalized spacial score (nSPS) is 10.3. The summed E-state index contributed by atoms with van der Waals surface area (Å²) in [5.41, 5.74) is 8.29. The fraction of sp³-hybridized carbons (Fsp3) is 0.111. The molecule has 0 aliphatic heterocycles. The van der Waals surface area contributed by atoms with Crippen LogP contribution in [0.15, 0.2) is 54.9 Å². The minimum absolute atomic E-state index is 0.105. The second-order valence-electron chi connectivity index (χ2n) is 5.64. The summed E-state index contributed by atoms with van der Waals surface area (Å²) in [6, 6.07) is 12.6. The van der Waals surface area contributed by atoms with E-state index in [9.17, 15) is 9.59 Å². The molecule has 2 amide bonds. The fourth-order valence-electron chi connectivity index (χ4n) is 2.36. The second kappa shape index (κ2) is 7.47. The number of carbonyl (C=O) groups is 2. The number of nitrogens with two attached hydrogens (primary N) is 1. The van der Waals surface area contributed by atoms with Gasteiger partial charge in [0.25, 0.3) is 0 Å². The van der Waals surface area contributed by atoms with Crippen LogP contribution in [0.25, 0.3) is 5.69 Å². The van der Waals surface area contributed by atoms with Crippen molar-refractivity contribution in [2.45, 2.75) is 13.5 Å². The number of amides is 2. The third-order valence-electron chi connectivity index (χ3n) is 3.66. The van der Waals surface area contributed by atoms with Crippen LogP contribution in [0.4, 0.5) is 11.5 Å². The van der Waals surface area contributed by atoms with Gasteiger partial charge >= 0.3 is 11.8 Å². The van der Waals surface area contributed by atoms with E-state index in [-0.39, 0.29) is 6.54 Å². The molecule has 26 heavy (non-hydrogen) atoms. The molecule has 132 valence electrons. The largest absolute Gasteiger partial charge is 0.399 e. The topological polar surface area (TPSA) is 115 Å². The van der Waals surface area contributed by atoms with Crippen molar-refractivity contribution in [1.29, 1.82) is 0 Å². The van der Waals surface area contributed by atoms with E-state index in [4.69, 9.17) is 5.73 Å². The Hall–Kier alpha value is -3.68. The number of anilines is 2. The van der Waals surface area contributed by atoms with Gasteiger partial charge in [-0.2, -0.15) is 5.10 Å². The lowest BCUT2D eigenvalue weighted by atomic mass is 10.3. The summed E-state index contributed by atoms with van der Waals surface area (Å²) in [5.74, 6) is -1.11. The molecule has 3 rings (SSSR count). The van der Waals surface area contributed by atoms with Crippen LogP contribution in [0, 0.1) is 6.92 Å². The molecule has 0 saturated carbocycles. The van der Waals surface area contributed by atoms with Crippen molar-refractivity contribution >= 4 is 23.3 Å². The van der Waals surface area contributed by atoms with E-state index >= 15 is 0 Å². The van der Waals surface area contributed by atoms with Crippen molar-refractivity contribution in [2.75, 3.05) is 11.1 Å². The van der Waals surface area contributed by atoms with Gasteiger partial charge in [0.2, 0.25) is 0 Å². The summed E-state index contributed by atoms with van der Waals surface area (Å²) in [6.45, 7) is 1.91. The highest BCUT2D eigenvalue weighted by Gasteiger charge is 2.18. The number of nitrogen functional groups attached to an aromatic ring is 1. The molecule has 4 N–H and O–H groups in total. The molecule has 0 bridgehead atoms. The molecule has 8 heteroatoms. The number of rotatable bonds is 4. The average molecular weight is 350 g/mol. The van der Waals surface area contributed by atoms with Gasteiger partial charge in [-0.05, 0) is 31.2 Å². The summed E-state index contributed by atoms with van der Waals surface area (Å²) < 4.78 is 1.57. The number of hydrogen-bond acceptors (Lipinski definition) is 5. The number of aromatic nitrogens is 3. The number of aryl methyl sites for hydroxylation is 1. The standard InChI is InChI=1S/C18H18N6O2/c1-12-10-22-24(15-5-3-2-4-6-15)16(12)23-18(26)17(25)21-11-14-9-13(19)7-8-20-14/h2-10H,11H2,1H3,(H2,19,20)(H,21,25)(H,23,26). The molecule has 0 aliphatic rings. The highest BCUT2D eigenvalue weighted by molar-refractivity contribution is 6.39. The monoisotopic (exact) mass is 350 g/mol. The maximum absolute atomic E-state index is 12.2. The molecule has 0 aliphatic carbocycles. The molecule has 0 saturated heterocycles. The Balaban J connectivity index is 1.68. The smallest absolute Gasteiger partial charge is 0.314 e. The third-order valence-corrected chi connectivity index (χ3v) is 3.66. The van der Waals surface area contributed by atoms with Gasteiger partial charge in [-0.25, -0.2) is 4.68 Å². The quantitative estimate of drug-likeness (QED) is 0.616. The van der Waals surface area contributed by atoms with Gasteiger partial charge in [0.15, 0.2) is 0 Å². The van der Waals surface area contributed by atoms with Crippen molar-refractivity contribution < 1.29 is 9.59 Å². The highest BCUT2D eigenvalue weighted by Crippen LogP contribution is 2.19. The molecule has 0 radical (unpaired) electrons. The molecule has 1 aromatic carbocycles. The van der Waals surface area contributed by atoms with Gasteiger partial charge in [-0.15, -0.1) is 0 Å². The fourth-order valence-corrected chi connectivity index (χ4v) is 2.36. The summed E-state index contributed by atoms with van der Waals surface area (Å²) in [4.78, 5) is 28.4. The first kappa shape index (κ1) is 17.2. The lowest BCUT2D eigenvalue weighted by Gasteiger charge is -2.10. The molecule has 0 spiro atoms. The second-order valence-corrected chi connectivity index (χ2v) is 5.64. The Kier molecular flexibility index (Phi) is 4.93. The maximum Gasteiger partial charge on any atom is 0.314 e. The van der Waals surface area contributed by atoms with Gasteiger partial charge in [-0.1, -0.05) is 18.2 Å². The Labute approximate surface area is 150 Å². The first-order valence-electron chi connectivity index (χ1n) is 7.94. The zero-order chi connectivity index (χ0) is 18.5. The van der Waals surface area contributed by atoms with E-state index in [1.165, 1.54) is 0 Å². The highest BCUT2D eigenvalue weighted by atomic mass is 16.2. The lowest BCUT2D eigenvalue weighted by Crippen LogP contribution is -2.35. The van der Waals surface area contributed by atoms with Crippen LogP contribution in [-0.4, -0.2) is 26.6 Å². The number of nitrogens with one attached hydrogen (secondary N) is 2. The molecule has 0 unspecified atom stereocenters. The van der Waals surface area contributed by atoms with E-state index in [0.717, 1.165) is 11.3 Å². The molecule has 2 heterocycles. The Morgan fingerprint density at radius 1 is 1.15 bits per heavy atom. The maximum atomic E-state index is 12.2. The zero-order valence-electron chi connectivity index (χ0n) is 14.1. The van der Waals surface area contributed by atoms with Crippen molar-refractivity contribution in [1.82, 2.24) is 20.1 Å². The van der Waals surface area contributed by atoms with Crippen molar-refractivity contribution in [3.63, 3.8) is 0 Å². The van der Waals surface area contributed by atoms with E-state index in [1.807, 2.05) is 30.3 Å². The van der Waals surface area contributed by atoms with E-state index in [2.05, 4.69) is 20.7 Å². The summed E-state index contributed by atoms with van der Waals surface area (Å²) in [7, 11) is 0.